The van der Waals surface area contributed by atoms with Gasteiger partial charge in [0, 0.05) is 12.0 Å². The monoisotopic (exact) mass is 892 g/mol. The van der Waals surface area contributed by atoms with Crippen molar-refractivity contribution in [3.63, 3.8) is 0 Å². The summed E-state index contributed by atoms with van der Waals surface area (Å²) in [5.74, 6) is -1.83. The van der Waals surface area contributed by atoms with Crippen LogP contribution < -0.4 is 10.5 Å². The Morgan fingerprint density at radius 2 is 1.67 bits per heavy atom. The maximum atomic E-state index is 16.6. The highest BCUT2D eigenvalue weighted by Crippen LogP contribution is 2.65. The second-order valence-corrected chi connectivity index (χ2v) is 19.6. The molecule has 1 amide bonds. The zero-order chi connectivity index (χ0) is 42.5. The first-order valence-corrected chi connectivity index (χ1v) is 22.9. The average molecular weight is 893 g/mol. The summed E-state index contributed by atoms with van der Waals surface area (Å²) in [5, 5.41) is 0. The van der Waals surface area contributed by atoms with Crippen LogP contribution in [0.15, 0.2) is 67.4 Å². The molecule has 318 valence electrons. The maximum Gasteiger partial charge on any atom is 0.472 e. The molecule has 0 radical (unpaired) electrons. The molecule has 4 aromatic rings. The van der Waals surface area contributed by atoms with Crippen LogP contribution in [0, 0.1) is 13.8 Å². The molecule has 3 saturated heterocycles. The van der Waals surface area contributed by atoms with Gasteiger partial charge in [-0.25, -0.2) is 37.7 Å². The minimum atomic E-state index is -5.27. The number of imidazole rings is 1. The van der Waals surface area contributed by atoms with Gasteiger partial charge in [0.05, 0.1) is 31.5 Å². The van der Waals surface area contributed by atoms with Crippen LogP contribution in [0.5, 0.6) is 5.75 Å². The number of nitrogens with two attached hydrogens (primary N) is 1. The molecule has 0 aliphatic carbocycles. The Hall–Kier alpha value is -4.47. The summed E-state index contributed by atoms with van der Waals surface area (Å²) in [6.07, 6.45) is -11.2. The van der Waals surface area contributed by atoms with Gasteiger partial charge in [0.1, 0.15) is 42.0 Å². The van der Waals surface area contributed by atoms with Crippen molar-refractivity contribution in [2.45, 2.75) is 75.2 Å². The lowest BCUT2D eigenvalue weighted by Gasteiger charge is -2.31. The molecule has 2 aromatic carbocycles. The van der Waals surface area contributed by atoms with Crippen LogP contribution in [0.2, 0.25) is 0 Å². The highest BCUT2D eigenvalue weighted by molar-refractivity contribution is 8.54. The van der Waals surface area contributed by atoms with E-state index in [2.05, 4.69) is 15.0 Å². The number of halogens is 2. The molecule has 19 nitrogen and oxygen atoms in total. The number of allylic oxidation sites excluding steroid dienone is 1. The second-order valence-electron chi connectivity index (χ2n) is 14.1. The van der Waals surface area contributed by atoms with E-state index in [0.717, 1.165) is 34.6 Å². The van der Waals surface area contributed by atoms with Gasteiger partial charge in [0.25, 0.3) is 0 Å². The zero-order valence-electron chi connectivity index (χ0n) is 31.5. The van der Waals surface area contributed by atoms with Crippen molar-refractivity contribution in [2.75, 3.05) is 18.9 Å². The van der Waals surface area contributed by atoms with E-state index >= 15 is 8.78 Å². The number of anilines is 1. The van der Waals surface area contributed by atoms with Crippen molar-refractivity contribution in [2.24, 2.45) is 0 Å². The van der Waals surface area contributed by atoms with E-state index in [9.17, 15) is 28.4 Å². The molecule has 2 aromatic heterocycles. The molecule has 3 fully saturated rings. The Morgan fingerprint density at radius 3 is 2.38 bits per heavy atom. The van der Waals surface area contributed by atoms with E-state index in [1.54, 1.807) is 31.2 Å². The van der Waals surface area contributed by atoms with Gasteiger partial charge in [-0.05, 0) is 60.6 Å². The van der Waals surface area contributed by atoms with Gasteiger partial charge in [0.2, 0.25) is 5.91 Å². The molecule has 4 aliphatic rings. The number of fused-ring (bicyclic) bond motifs is 5. The number of hydrogen-bond donors (Lipinski definition) is 2. The molecular formula is C36H36F2N6O13P2S. The molecular weight excluding hydrogens is 856 g/mol. The van der Waals surface area contributed by atoms with E-state index in [0.29, 0.717) is 22.5 Å². The fraction of sp³-hybridized carbons (Fsp3) is 0.389. The Balaban J connectivity index is 1.09. The number of phosphoric acid groups is 1. The number of aromatic nitrogens is 4. The van der Waals surface area contributed by atoms with Crippen molar-refractivity contribution in [3.05, 3.63) is 89.6 Å². The van der Waals surface area contributed by atoms with Crippen LogP contribution in [0.25, 0.3) is 11.2 Å². The molecule has 4 aliphatic heterocycles. The molecule has 0 spiro atoms. The quantitative estimate of drug-likeness (QED) is 0.109. The predicted molar refractivity (Wildman–Crippen MR) is 205 cm³/mol. The normalized spacial score (nSPS) is 32.3. The highest BCUT2D eigenvalue weighted by atomic mass is 32.7. The number of carbonyl (C=O) groups is 3. The van der Waals surface area contributed by atoms with Gasteiger partial charge < -0.3 is 24.8 Å². The van der Waals surface area contributed by atoms with Crippen molar-refractivity contribution >= 4 is 60.6 Å². The molecule has 60 heavy (non-hydrogen) atoms. The van der Waals surface area contributed by atoms with Gasteiger partial charge in [-0.15, -0.1) is 0 Å². The predicted octanol–water partition coefficient (Wildman–Crippen LogP) is 4.82. The summed E-state index contributed by atoms with van der Waals surface area (Å²) in [6, 6.07) is 11.5. The third-order valence-corrected chi connectivity index (χ3v) is 14.6. The van der Waals surface area contributed by atoms with Crippen LogP contribution in [0.4, 0.5) is 14.6 Å². The average Bonchev–Trinajstić information content (AvgIpc) is 3.86. The van der Waals surface area contributed by atoms with Crippen LogP contribution >= 0.6 is 26.0 Å². The standard InChI is InChI=1S/C36H36F2N6O13P2S/c1-18-3-8-23(19(2)11-18)36(47)53-22-6-4-20(5-7-22)15-60-59(50)52-14-25-27(37)30(34(54-25)43-10-9-21(45)12-26(43)46)56-58(48,49)51-13-24-28(38)31(57-59)35(55-24)44-17-42-29-32(39)40-16-41-33(29)44/h3-11,16-17,24-25,27-28,30-31,34-35H,12-15H2,1-2H3,(H,48,49)(H2,39,40,41)/t24-,25-,27-,28-,30-,31-,34-,35-,59?/m1/s1. The van der Waals surface area contributed by atoms with E-state index < -0.39 is 101 Å². The Labute approximate surface area is 343 Å². The molecule has 3 N–H and O–H groups in total. The first-order chi connectivity index (χ1) is 28.6. The molecule has 2 unspecified atom stereocenters. The van der Waals surface area contributed by atoms with Crippen LogP contribution in [0.1, 0.15) is 39.7 Å². The first-order valence-electron chi connectivity index (χ1n) is 18.2. The smallest absolute Gasteiger partial charge is 0.423 e. The number of carbonyl (C=O) groups excluding carboxylic acids is 3. The zero-order valence-corrected chi connectivity index (χ0v) is 34.1. The SMILES string of the molecule is Cc1ccc(C(=O)Oc2ccc(CSP3(=O)OC[C@H]4O[C@@H](N5C=CC(=O)CC5=O)[C@H](OP(=O)(O)OC[C@H]5O[C@@H](n6cnc7c(N)ncnc76)[C@H](O3)[C@@H]5F)[C@@H]4F)cc2)c(C)c1. The fourth-order valence-electron chi connectivity index (χ4n) is 6.94. The van der Waals surface area contributed by atoms with Gasteiger partial charge >= 0.3 is 20.6 Å². The number of hydrogen-bond acceptors (Lipinski definition) is 17. The lowest BCUT2D eigenvalue weighted by Crippen LogP contribution is -2.46. The van der Waals surface area contributed by atoms with Gasteiger partial charge in [0.15, 0.2) is 42.0 Å². The molecule has 0 saturated carbocycles. The summed E-state index contributed by atoms with van der Waals surface area (Å²) in [5.41, 5.74) is 8.81. The largest absolute Gasteiger partial charge is 0.472 e. The van der Waals surface area contributed by atoms with Crippen LogP contribution in [-0.4, -0.2) is 103 Å². The lowest BCUT2D eigenvalue weighted by atomic mass is 10.1. The third kappa shape index (κ3) is 8.67. The van der Waals surface area contributed by atoms with Crippen LogP contribution in [0.3, 0.4) is 0 Å². The summed E-state index contributed by atoms with van der Waals surface area (Å²) < 4.78 is 102. The van der Waals surface area contributed by atoms with Gasteiger partial charge in [-0.1, -0.05) is 29.8 Å². The summed E-state index contributed by atoms with van der Waals surface area (Å²) >= 11 is 0.607. The topological polar surface area (TPSA) is 243 Å². The van der Waals surface area contributed by atoms with E-state index in [1.807, 2.05) is 13.0 Å². The van der Waals surface area contributed by atoms with Crippen molar-refractivity contribution in [3.8, 4) is 5.75 Å². The van der Waals surface area contributed by atoms with Crippen molar-refractivity contribution in [1.29, 1.82) is 0 Å². The number of rotatable bonds is 7. The second kappa shape index (κ2) is 16.8. The third-order valence-electron chi connectivity index (χ3n) is 9.93. The molecule has 6 heterocycles. The number of phosphoric ester groups is 1. The number of ether oxygens (including phenoxy) is 3. The maximum absolute atomic E-state index is 16.6. The molecule has 4 bridgehead atoms. The van der Waals surface area contributed by atoms with Gasteiger partial charge in [-0.3, -0.25) is 37.2 Å². The lowest BCUT2D eigenvalue weighted by molar-refractivity contribution is -0.148. The summed E-state index contributed by atoms with van der Waals surface area (Å²) in [4.78, 5) is 61.4. The van der Waals surface area contributed by atoms with Crippen LogP contribution in [-0.2, 0) is 52.0 Å². The fourth-order valence-corrected chi connectivity index (χ4v) is 11.2. The van der Waals surface area contributed by atoms with E-state index in [-0.39, 0.29) is 28.5 Å². The van der Waals surface area contributed by atoms with Gasteiger partial charge in [-0.2, -0.15) is 0 Å². The Bertz CT molecular complexity index is 2460. The Morgan fingerprint density at radius 1 is 0.967 bits per heavy atom. The number of aryl methyl sites for hydroxylation is 2. The number of alkyl halides is 2. The Kier molecular flexibility index (Phi) is 11.8. The number of nitrogen functional groups attached to an aromatic ring is 1. The van der Waals surface area contributed by atoms with E-state index in [1.165, 1.54) is 23.0 Å². The molecule has 24 heteroatoms. The van der Waals surface area contributed by atoms with Crippen molar-refractivity contribution < 1.29 is 69.5 Å². The minimum Gasteiger partial charge on any atom is -0.423 e. The number of benzene rings is 2. The molecule has 10 atom stereocenters. The first kappa shape index (κ1) is 42.2. The highest BCUT2D eigenvalue weighted by Gasteiger charge is 2.56. The van der Waals surface area contributed by atoms with E-state index in [4.69, 9.17) is 38.0 Å². The summed E-state index contributed by atoms with van der Waals surface area (Å²) in [7, 11) is -5.27. The summed E-state index contributed by atoms with van der Waals surface area (Å²) in [6.45, 7) is -2.78. The van der Waals surface area contributed by atoms with Crippen molar-refractivity contribution in [1.82, 2.24) is 24.4 Å². The number of esters is 1. The number of nitrogens with zero attached hydrogens (tertiary/aromatic N) is 5. The number of amides is 1. The molecule has 8 rings (SSSR count). The minimum absolute atomic E-state index is 0.0132. The number of ketones is 1.